The summed E-state index contributed by atoms with van der Waals surface area (Å²) >= 11 is 3.28. The largest absolute Gasteiger partial charge is 0.326 e. The second-order valence-corrected chi connectivity index (χ2v) is 9.70. The van der Waals surface area contributed by atoms with Crippen molar-refractivity contribution in [3.05, 3.63) is 88.9 Å². The molecule has 0 fully saturated rings. The molecule has 3 aromatic rings. The first-order valence-electron chi connectivity index (χ1n) is 9.73. The van der Waals surface area contributed by atoms with E-state index in [9.17, 15) is 18.0 Å². The third-order valence-electron chi connectivity index (χ3n) is 4.47. The van der Waals surface area contributed by atoms with Gasteiger partial charge in [-0.3, -0.25) is 9.59 Å². The van der Waals surface area contributed by atoms with Gasteiger partial charge in [0, 0.05) is 22.8 Å². The molecule has 166 valence electrons. The molecule has 0 radical (unpaired) electrons. The zero-order chi connectivity index (χ0) is 23.1. The molecule has 7 nitrogen and oxygen atoms in total. The van der Waals surface area contributed by atoms with E-state index in [0.29, 0.717) is 11.4 Å². The third kappa shape index (κ3) is 6.74. The summed E-state index contributed by atoms with van der Waals surface area (Å²) in [7, 11) is -3.95. The van der Waals surface area contributed by atoms with Crippen LogP contribution in [-0.2, 0) is 26.0 Å². The lowest BCUT2D eigenvalue weighted by atomic mass is 10.1. The number of nitrogens with one attached hydrogen (secondary N) is 3. The molecule has 0 unspecified atom stereocenters. The van der Waals surface area contributed by atoms with E-state index in [-0.39, 0.29) is 17.2 Å². The Balaban J connectivity index is 1.84. The summed E-state index contributed by atoms with van der Waals surface area (Å²) in [6.45, 7) is 1.39. The van der Waals surface area contributed by atoms with Gasteiger partial charge < -0.3 is 10.6 Å². The highest BCUT2D eigenvalue weighted by Gasteiger charge is 2.26. The summed E-state index contributed by atoms with van der Waals surface area (Å²) in [4.78, 5) is 24.4. The van der Waals surface area contributed by atoms with Crippen molar-refractivity contribution in [2.75, 3.05) is 10.6 Å². The van der Waals surface area contributed by atoms with E-state index >= 15 is 0 Å². The van der Waals surface area contributed by atoms with Crippen LogP contribution in [0, 0.1) is 0 Å². The number of hydrogen-bond donors (Lipinski definition) is 3. The SMILES string of the molecule is CC(=O)Nc1cccc(NC(=O)[C@H](Cc2ccccc2)NS(=O)(=O)c2ccc(Br)cc2)c1. The molecule has 2 amide bonds. The Bertz CT molecular complexity index is 1200. The summed E-state index contributed by atoms with van der Waals surface area (Å²) in [5.74, 6) is -0.757. The van der Waals surface area contributed by atoms with Crippen LogP contribution in [0.2, 0.25) is 0 Å². The smallest absolute Gasteiger partial charge is 0.242 e. The van der Waals surface area contributed by atoms with Crippen molar-refractivity contribution in [2.45, 2.75) is 24.3 Å². The zero-order valence-corrected chi connectivity index (χ0v) is 19.6. The molecule has 0 heterocycles. The number of hydrogen-bond acceptors (Lipinski definition) is 4. The molecule has 0 saturated heterocycles. The second kappa shape index (κ2) is 10.5. The summed E-state index contributed by atoms with van der Waals surface area (Å²) in [5.41, 5.74) is 1.76. The van der Waals surface area contributed by atoms with Crippen molar-refractivity contribution in [3.63, 3.8) is 0 Å². The molecule has 0 saturated carbocycles. The Morgan fingerprint density at radius 2 is 1.50 bits per heavy atom. The monoisotopic (exact) mass is 515 g/mol. The molecule has 0 bridgehead atoms. The number of carbonyl (C=O) groups is 2. The van der Waals surface area contributed by atoms with Gasteiger partial charge in [0.25, 0.3) is 0 Å². The predicted molar refractivity (Wildman–Crippen MR) is 128 cm³/mol. The van der Waals surface area contributed by atoms with Crippen LogP contribution in [0.5, 0.6) is 0 Å². The van der Waals surface area contributed by atoms with Gasteiger partial charge in [-0.1, -0.05) is 52.3 Å². The van der Waals surface area contributed by atoms with E-state index in [4.69, 9.17) is 0 Å². The molecule has 0 aromatic heterocycles. The van der Waals surface area contributed by atoms with Gasteiger partial charge in [-0.05, 0) is 54.4 Å². The molecule has 1 atom stereocenters. The van der Waals surface area contributed by atoms with Crippen molar-refractivity contribution in [2.24, 2.45) is 0 Å². The lowest BCUT2D eigenvalue weighted by Gasteiger charge is -2.19. The van der Waals surface area contributed by atoms with Crippen molar-refractivity contribution >= 4 is 49.1 Å². The molecular weight excluding hydrogens is 494 g/mol. The number of benzene rings is 3. The van der Waals surface area contributed by atoms with E-state index in [1.54, 1.807) is 36.4 Å². The molecule has 0 spiro atoms. The van der Waals surface area contributed by atoms with E-state index < -0.39 is 22.0 Å². The van der Waals surface area contributed by atoms with Crippen LogP contribution in [0.25, 0.3) is 0 Å². The minimum atomic E-state index is -3.95. The topological polar surface area (TPSA) is 104 Å². The lowest BCUT2D eigenvalue weighted by molar-refractivity contribution is -0.117. The van der Waals surface area contributed by atoms with Crippen molar-refractivity contribution in [3.8, 4) is 0 Å². The first-order chi connectivity index (χ1) is 15.2. The maximum atomic E-state index is 13.1. The Kier molecular flexibility index (Phi) is 7.79. The highest BCUT2D eigenvalue weighted by Crippen LogP contribution is 2.18. The van der Waals surface area contributed by atoms with Gasteiger partial charge in [0.2, 0.25) is 21.8 Å². The van der Waals surface area contributed by atoms with E-state index in [1.807, 2.05) is 30.3 Å². The van der Waals surface area contributed by atoms with Gasteiger partial charge in [0.1, 0.15) is 6.04 Å². The maximum absolute atomic E-state index is 13.1. The summed E-state index contributed by atoms with van der Waals surface area (Å²) in [6, 6.07) is 20.9. The Morgan fingerprint density at radius 3 is 2.12 bits per heavy atom. The molecule has 9 heteroatoms. The quantitative estimate of drug-likeness (QED) is 0.422. The fraction of sp³-hybridized carbons (Fsp3) is 0.130. The normalized spacial score (nSPS) is 12.1. The van der Waals surface area contributed by atoms with Gasteiger partial charge in [0.15, 0.2) is 0 Å². The number of anilines is 2. The van der Waals surface area contributed by atoms with Crippen molar-refractivity contribution in [1.82, 2.24) is 4.72 Å². The minimum Gasteiger partial charge on any atom is -0.326 e. The number of rotatable bonds is 8. The van der Waals surface area contributed by atoms with Gasteiger partial charge in [-0.15, -0.1) is 0 Å². The molecule has 0 aliphatic rings. The van der Waals surface area contributed by atoms with Crippen LogP contribution in [0.15, 0.2) is 88.2 Å². The zero-order valence-electron chi connectivity index (χ0n) is 17.2. The standard InChI is InChI=1S/C23H22BrN3O4S/c1-16(28)25-19-8-5-9-20(15-19)26-23(29)22(14-17-6-3-2-4-7-17)27-32(30,31)21-12-10-18(24)11-13-21/h2-13,15,22,27H,14H2,1H3,(H,25,28)(H,26,29)/t22-/m0/s1. The van der Waals surface area contributed by atoms with Crippen LogP contribution >= 0.6 is 15.9 Å². The molecule has 32 heavy (non-hydrogen) atoms. The van der Waals surface area contributed by atoms with Gasteiger partial charge in [-0.2, -0.15) is 4.72 Å². The highest BCUT2D eigenvalue weighted by molar-refractivity contribution is 9.10. The highest BCUT2D eigenvalue weighted by atomic mass is 79.9. The fourth-order valence-electron chi connectivity index (χ4n) is 3.01. The Morgan fingerprint density at radius 1 is 0.875 bits per heavy atom. The Labute approximate surface area is 195 Å². The number of carbonyl (C=O) groups excluding carboxylic acids is 2. The van der Waals surface area contributed by atoms with E-state index in [2.05, 4.69) is 31.3 Å². The van der Waals surface area contributed by atoms with Crippen LogP contribution < -0.4 is 15.4 Å². The number of halogens is 1. The van der Waals surface area contributed by atoms with E-state index in [1.165, 1.54) is 19.1 Å². The first-order valence-corrected chi connectivity index (χ1v) is 12.0. The lowest BCUT2D eigenvalue weighted by Crippen LogP contribution is -2.45. The first kappa shape index (κ1) is 23.6. The van der Waals surface area contributed by atoms with Crippen molar-refractivity contribution < 1.29 is 18.0 Å². The maximum Gasteiger partial charge on any atom is 0.242 e. The van der Waals surface area contributed by atoms with E-state index in [0.717, 1.165) is 10.0 Å². The van der Waals surface area contributed by atoms with Crippen LogP contribution in [0.3, 0.4) is 0 Å². The van der Waals surface area contributed by atoms with Gasteiger partial charge in [0.05, 0.1) is 4.90 Å². The summed E-state index contributed by atoms with van der Waals surface area (Å²) in [6.07, 6.45) is 0.161. The van der Waals surface area contributed by atoms with Crippen LogP contribution in [-0.4, -0.2) is 26.3 Å². The van der Waals surface area contributed by atoms with Gasteiger partial charge >= 0.3 is 0 Å². The molecule has 0 aliphatic heterocycles. The molecule has 0 aliphatic carbocycles. The average Bonchev–Trinajstić information content (AvgIpc) is 2.74. The molecule has 3 rings (SSSR count). The second-order valence-electron chi connectivity index (χ2n) is 7.07. The summed E-state index contributed by atoms with van der Waals surface area (Å²) in [5, 5.41) is 5.38. The van der Waals surface area contributed by atoms with Crippen LogP contribution in [0.1, 0.15) is 12.5 Å². The minimum absolute atomic E-state index is 0.0548. The fourth-order valence-corrected chi connectivity index (χ4v) is 4.47. The Hall–Kier alpha value is -3.01. The van der Waals surface area contributed by atoms with Crippen molar-refractivity contribution in [1.29, 1.82) is 0 Å². The third-order valence-corrected chi connectivity index (χ3v) is 6.49. The molecule has 3 N–H and O–H groups in total. The number of amides is 2. The van der Waals surface area contributed by atoms with Gasteiger partial charge in [-0.25, -0.2) is 8.42 Å². The summed E-state index contributed by atoms with van der Waals surface area (Å²) < 4.78 is 29.1. The van der Waals surface area contributed by atoms with Crippen LogP contribution in [0.4, 0.5) is 11.4 Å². The average molecular weight is 516 g/mol. The molecular formula is C23H22BrN3O4S. The molecule has 3 aromatic carbocycles. The predicted octanol–water partition coefficient (Wildman–Crippen LogP) is 3.94. The number of sulfonamides is 1.